The van der Waals surface area contributed by atoms with Crippen LogP contribution in [-0.2, 0) is 6.18 Å². The first-order valence-electron chi connectivity index (χ1n) is 8.73. The Morgan fingerprint density at radius 1 is 1.22 bits per heavy atom. The number of halogens is 3. The molecule has 8 heteroatoms. The lowest BCUT2D eigenvalue weighted by atomic mass is 9.89. The number of aromatic nitrogens is 2. The van der Waals surface area contributed by atoms with Crippen LogP contribution in [0.15, 0.2) is 29.1 Å². The molecule has 1 aromatic carbocycles. The van der Waals surface area contributed by atoms with Crippen molar-refractivity contribution in [3.63, 3.8) is 0 Å². The van der Waals surface area contributed by atoms with Gasteiger partial charge in [-0.3, -0.25) is 9.59 Å². The molecular formula is C19H20F3N3O2. The molecule has 27 heavy (non-hydrogen) atoms. The van der Waals surface area contributed by atoms with Crippen molar-refractivity contribution < 1.29 is 18.0 Å². The maximum Gasteiger partial charge on any atom is 0.416 e. The number of H-pyrrole nitrogens is 1. The summed E-state index contributed by atoms with van der Waals surface area (Å²) in [6.07, 6.45) is -2.68. The van der Waals surface area contributed by atoms with Gasteiger partial charge in [0.25, 0.3) is 11.5 Å². The number of nitrogens with zero attached hydrogens (tertiary/aromatic N) is 1. The lowest BCUT2D eigenvalue weighted by molar-refractivity contribution is -0.138. The molecule has 1 saturated carbocycles. The number of alkyl halides is 3. The van der Waals surface area contributed by atoms with E-state index in [1.807, 2.05) is 0 Å². The lowest BCUT2D eigenvalue weighted by Crippen LogP contribution is -2.40. The van der Waals surface area contributed by atoms with E-state index in [4.69, 9.17) is 0 Å². The molecule has 5 nitrogen and oxygen atoms in total. The second-order valence-corrected chi connectivity index (χ2v) is 6.83. The zero-order chi connectivity index (χ0) is 19.8. The van der Waals surface area contributed by atoms with Crippen LogP contribution in [0.2, 0.25) is 0 Å². The molecule has 1 aromatic heterocycles. The number of carbonyl (C=O) groups is 1. The summed E-state index contributed by atoms with van der Waals surface area (Å²) < 4.78 is 40.0. The third-order valence-corrected chi connectivity index (χ3v) is 5.05. The Labute approximate surface area is 154 Å². The normalized spacial score (nSPS) is 19.9. The number of carbonyl (C=O) groups excluding carboxylic acids is 1. The van der Waals surface area contributed by atoms with Gasteiger partial charge in [-0.05, 0) is 38.3 Å². The summed E-state index contributed by atoms with van der Waals surface area (Å²) in [5, 5.41) is 2.72. The minimum absolute atomic E-state index is 0.176. The zero-order valence-corrected chi connectivity index (χ0v) is 15.0. The van der Waals surface area contributed by atoms with Crippen molar-refractivity contribution in [3.05, 3.63) is 62.8 Å². The molecule has 0 spiro atoms. The average Bonchev–Trinajstić information content (AvgIpc) is 3.05. The summed E-state index contributed by atoms with van der Waals surface area (Å²) in [5.41, 5.74) is -0.304. The zero-order valence-electron chi connectivity index (χ0n) is 15.0. The number of hydrogen-bond donors (Lipinski definition) is 2. The Morgan fingerprint density at radius 2 is 1.93 bits per heavy atom. The molecule has 0 aliphatic heterocycles. The third kappa shape index (κ3) is 3.89. The van der Waals surface area contributed by atoms with Crippen LogP contribution in [0.4, 0.5) is 13.2 Å². The summed E-state index contributed by atoms with van der Waals surface area (Å²) in [6.45, 7) is 3.34. The van der Waals surface area contributed by atoms with Gasteiger partial charge in [0.05, 0.1) is 11.3 Å². The van der Waals surface area contributed by atoms with Gasteiger partial charge in [-0.1, -0.05) is 24.6 Å². The van der Waals surface area contributed by atoms with E-state index in [1.165, 1.54) is 12.1 Å². The highest BCUT2D eigenvalue weighted by Gasteiger charge is 2.39. The molecule has 0 saturated heterocycles. The molecule has 1 amide bonds. The Kier molecular flexibility index (Phi) is 5.08. The van der Waals surface area contributed by atoms with E-state index in [-0.39, 0.29) is 11.3 Å². The van der Waals surface area contributed by atoms with E-state index >= 15 is 0 Å². The summed E-state index contributed by atoms with van der Waals surface area (Å²) >= 11 is 0. The van der Waals surface area contributed by atoms with Gasteiger partial charge in [-0.15, -0.1) is 0 Å². The fourth-order valence-corrected chi connectivity index (χ4v) is 3.60. The Balaban J connectivity index is 1.88. The second-order valence-electron chi connectivity index (χ2n) is 6.83. The van der Waals surface area contributed by atoms with Crippen molar-refractivity contribution >= 4 is 5.91 Å². The number of hydrogen-bond acceptors (Lipinski definition) is 3. The molecule has 2 atom stereocenters. The molecule has 2 N–H and O–H groups in total. The highest BCUT2D eigenvalue weighted by molar-refractivity contribution is 5.92. The molecule has 1 heterocycles. The van der Waals surface area contributed by atoms with Crippen LogP contribution in [0.25, 0.3) is 0 Å². The van der Waals surface area contributed by atoms with Crippen molar-refractivity contribution in [1.82, 2.24) is 15.3 Å². The van der Waals surface area contributed by atoms with Gasteiger partial charge in [0.1, 0.15) is 0 Å². The molecule has 0 radical (unpaired) electrons. The van der Waals surface area contributed by atoms with Gasteiger partial charge in [0.15, 0.2) is 5.69 Å². The van der Waals surface area contributed by atoms with Gasteiger partial charge >= 0.3 is 6.18 Å². The van der Waals surface area contributed by atoms with Crippen LogP contribution in [0, 0.1) is 13.8 Å². The van der Waals surface area contributed by atoms with Crippen LogP contribution >= 0.6 is 0 Å². The molecule has 0 unspecified atom stereocenters. The number of nitrogens with one attached hydrogen (secondary N) is 2. The predicted octanol–water partition coefficient (Wildman–Crippen LogP) is 3.47. The monoisotopic (exact) mass is 379 g/mol. The minimum Gasteiger partial charge on any atom is -0.347 e. The van der Waals surface area contributed by atoms with Crippen molar-refractivity contribution in [3.8, 4) is 0 Å². The smallest absolute Gasteiger partial charge is 0.347 e. The predicted molar refractivity (Wildman–Crippen MR) is 93.6 cm³/mol. The number of amides is 1. The Morgan fingerprint density at radius 3 is 2.63 bits per heavy atom. The van der Waals surface area contributed by atoms with Gasteiger partial charge in [-0.25, -0.2) is 4.98 Å². The van der Waals surface area contributed by atoms with Crippen LogP contribution in [0.3, 0.4) is 0 Å². The Bertz CT molecular complexity index is 921. The standard InChI is InChI=1S/C19H20F3N3O2/c1-10-11(2)24-17(26)16(23-10)18(27)25-15-9-5-7-13(15)12-6-3-4-8-14(12)19(20,21)22/h3-4,6,8,13,15H,5,7,9H2,1-2H3,(H,24,26)(H,25,27)/t13-,15-/m1/s1. The van der Waals surface area contributed by atoms with Gasteiger partial charge in [0, 0.05) is 17.7 Å². The molecule has 1 aliphatic carbocycles. The van der Waals surface area contributed by atoms with Crippen LogP contribution in [-0.4, -0.2) is 21.9 Å². The molecular weight excluding hydrogens is 359 g/mol. The van der Waals surface area contributed by atoms with Crippen LogP contribution < -0.4 is 10.9 Å². The molecule has 2 aromatic rings. The van der Waals surface area contributed by atoms with Crippen molar-refractivity contribution in [2.24, 2.45) is 0 Å². The van der Waals surface area contributed by atoms with E-state index in [0.29, 0.717) is 30.7 Å². The van der Waals surface area contributed by atoms with E-state index < -0.39 is 35.2 Å². The van der Waals surface area contributed by atoms with E-state index in [1.54, 1.807) is 19.9 Å². The largest absolute Gasteiger partial charge is 0.416 e. The van der Waals surface area contributed by atoms with Gasteiger partial charge in [-0.2, -0.15) is 13.2 Å². The van der Waals surface area contributed by atoms with Crippen molar-refractivity contribution in [2.75, 3.05) is 0 Å². The van der Waals surface area contributed by atoms with Gasteiger partial charge in [0.2, 0.25) is 0 Å². The summed E-state index contributed by atoms with van der Waals surface area (Å²) in [4.78, 5) is 31.1. The highest BCUT2D eigenvalue weighted by Crippen LogP contribution is 2.41. The second kappa shape index (κ2) is 7.17. The first kappa shape index (κ1) is 19.1. The molecule has 1 fully saturated rings. The summed E-state index contributed by atoms with van der Waals surface area (Å²) in [6, 6.07) is 4.95. The van der Waals surface area contributed by atoms with E-state index in [0.717, 1.165) is 6.07 Å². The number of aromatic amines is 1. The lowest BCUT2D eigenvalue weighted by Gasteiger charge is -2.24. The molecule has 1 aliphatic rings. The maximum absolute atomic E-state index is 13.3. The number of rotatable bonds is 3. The molecule has 0 bridgehead atoms. The van der Waals surface area contributed by atoms with Crippen LogP contribution in [0.1, 0.15) is 58.2 Å². The number of aryl methyl sites for hydroxylation is 2. The van der Waals surface area contributed by atoms with Crippen molar-refractivity contribution in [1.29, 1.82) is 0 Å². The summed E-state index contributed by atoms with van der Waals surface area (Å²) in [7, 11) is 0. The third-order valence-electron chi connectivity index (χ3n) is 5.05. The minimum atomic E-state index is -4.46. The summed E-state index contributed by atoms with van der Waals surface area (Å²) in [5.74, 6) is -1.13. The SMILES string of the molecule is Cc1nc(C(=O)N[C@@H]2CCC[C@@H]2c2ccccc2C(F)(F)F)c(=O)[nH]c1C. The fourth-order valence-electron chi connectivity index (χ4n) is 3.60. The maximum atomic E-state index is 13.3. The highest BCUT2D eigenvalue weighted by atomic mass is 19.4. The quantitative estimate of drug-likeness (QED) is 0.858. The molecule has 144 valence electrons. The Hall–Kier alpha value is -2.64. The van der Waals surface area contributed by atoms with E-state index in [9.17, 15) is 22.8 Å². The average molecular weight is 379 g/mol. The van der Waals surface area contributed by atoms with Crippen LogP contribution in [0.5, 0.6) is 0 Å². The van der Waals surface area contributed by atoms with Crippen molar-refractivity contribution in [2.45, 2.75) is 51.2 Å². The van der Waals surface area contributed by atoms with E-state index in [2.05, 4.69) is 15.3 Å². The fraction of sp³-hybridized carbons (Fsp3) is 0.421. The van der Waals surface area contributed by atoms with Gasteiger partial charge < -0.3 is 10.3 Å². The first-order valence-corrected chi connectivity index (χ1v) is 8.73. The number of benzene rings is 1. The first-order chi connectivity index (χ1) is 12.7. The topological polar surface area (TPSA) is 74.8 Å². The molecule has 3 rings (SSSR count).